The van der Waals surface area contributed by atoms with Gasteiger partial charge < -0.3 is 33.3 Å². The number of likely N-dealkylation sites (N-methyl/N-ethyl adjacent to an activating group) is 1. The van der Waals surface area contributed by atoms with Crippen LogP contribution < -0.4 is 0 Å². The number of benzene rings is 1. The Kier molecular flexibility index (Phi) is 9.41. The van der Waals surface area contributed by atoms with Crippen molar-refractivity contribution in [3.8, 4) is 0 Å². The summed E-state index contributed by atoms with van der Waals surface area (Å²) in [5.41, 5.74) is 0.687. The fraction of sp³-hybridized carbons (Fsp3) is 0.600. The lowest BCUT2D eigenvalue weighted by Crippen LogP contribution is -2.56. The van der Waals surface area contributed by atoms with Gasteiger partial charge in [0.2, 0.25) is 0 Å². The first kappa shape index (κ1) is 27.6. The van der Waals surface area contributed by atoms with Gasteiger partial charge in [-0.25, -0.2) is 0 Å². The van der Waals surface area contributed by atoms with E-state index in [9.17, 15) is 19.2 Å². The van der Waals surface area contributed by atoms with Crippen LogP contribution in [0.25, 0.3) is 0 Å². The molecule has 2 aliphatic heterocycles. The number of carbonyl (C=O) groups is 4. The predicted octanol–water partition coefficient (Wildman–Crippen LogP) is 1.53. The molecule has 0 saturated carbocycles. The van der Waals surface area contributed by atoms with E-state index in [1.54, 1.807) is 17.0 Å². The molecule has 2 fully saturated rings. The van der Waals surface area contributed by atoms with Crippen LogP contribution in [0.2, 0.25) is 0 Å². The highest BCUT2D eigenvalue weighted by atomic mass is 16.7. The third-order valence-corrected chi connectivity index (χ3v) is 5.87. The summed E-state index contributed by atoms with van der Waals surface area (Å²) in [6.45, 7) is 8.19. The zero-order chi connectivity index (χ0) is 26.4. The van der Waals surface area contributed by atoms with Crippen molar-refractivity contribution in [3.63, 3.8) is 0 Å². The predicted molar refractivity (Wildman–Crippen MR) is 123 cm³/mol. The molecule has 0 aliphatic carbocycles. The van der Waals surface area contributed by atoms with Crippen molar-refractivity contribution in [1.82, 2.24) is 4.90 Å². The van der Waals surface area contributed by atoms with E-state index >= 15 is 0 Å². The van der Waals surface area contributed by atoms with Crippen molar-refractivity contribution >= 4 is 23.8 Å². The van der Waals surface area contributed by atoms with Crippen molar-refractivity contribution in [2.75, 3.05) is 19.7 Å². The first-order valence-corrected chi connectivity index (χ1v) is 11.9. The molecule has 11 heteroatoms. The van der Waals surface area contributed by atoms with Gasteiger partial charge in [-0.2, -0.15) is 0 Å². The molecule has 7 atom stereocenters. The Morgan fingerprint density at radius 2 is 1.47 bits per heavy atom. The molecule has 0 radical (unpaired) electrons. The number of hydrogen-bond donors (Lipinski definition) is 0. The molecule has 2 heterocycles. The van der Waals surface area contributed by atoms with Crippen LogP contribution in [-0.2, 0) is 47.6 Å². The highest BCUT2D eigenvalue weighted by Gasteiger charge is 2.59. The molecule has 3 rings (SSSR count). The van der Waals surface area contributed by atoms with E-state index in [1.807, 2.05) is 32.0 Å². The maximum Gasteiger partial charge on any atom is 0.303 e. The molecule has 198 valence electrons. The molecule has 1 aromatic rings. The van der Waals surface area contributed by atoms with Crippen LogP contribution in [0.15, 0.2) is 30.3 Å². The molecule has 0 spiro atoms. The quantitative estimate of drug-likeness (QED) is 0.261. The van der Waals surface area contributed by atoms with Crippen molar-refractivity contribution in [3.05, 3.63) is 35.9 Å². The highest BCUT2D eigenvalue weighted by Crippen LogP contribution is 2.37. The van der Waals surface area contributed by atoms with Crippen LogP contribution in [-0.4, -0.2) is 85.0 Å². The molecule has 2 aliphatic rings. The molecule has 0 unspecified atom stereocenters. The number of carbonyl (C=O) groups excluding carboxylic acids is 4. The second-order valence-electron chi connectivity index (χ2n) is 8.50. The second kappa shape index (κ2) is 12.3. The van der Waals surface area contributed by atoms with E-state index < -0.39 is 60.8 Å². The van der Waals surface area contributed by atoms with E-state index in [0.717, 1.165) is 0 Å². The lowest BCUT2D eigenvalue weighted by Gasteiger charge is -2.41. The van der Waals surface area contributed by atoms with Crippen LogP contribution in [0, 0.1) is 0 Å². The van der Waals surface area contributed by atoms with E-state index in [1.165, 1.54) is 20.8 Å². The molecule has 0 N–H and O–H groups in total. The fourth-order valence-electron chi connectivity index (χ4n) is 4.25. The minimum absolute atomic E-state index is 0.0678. The van der Waals surface area contributed by atoms with Gasteiger partial charge in [0.15, 0.2) is 30.7 Å². The summed E-state index contributed by atoms with van der Waals surface area (Å²) in [5, 5.41) is 0. The van der Waals surface area contributed by atoms with Gasteiger partial charge in [-0.1, -0.05) is 30.3 Å². The number of esters is 3. The summed E-state index contributed by atoms with van der Waals surface area (Å²) in [4.78, 5) is 50.5. The molecule has 2 saturated heterocycles. The maximum absolute atomic E-state index is 12.9. The number of rotatable bonds is 10. The average molecular weight is 508 g/mol. The van der Waals surface area contributed by atoms with Crippen molar-refractivity contribution in [2.45, 2.75) is 77.5 Å². The highest BCUT2D eigenvalue weighted by molar-refractivity contribution is 5.84. The molecule has 11 nitrogen and oxygen atoms in total. The minimum atomic E-state index is -1.26. The number of hydrogen-bond acceptors (Lipinski definition) is 10. The van der Waals surface area contributed by atoms with Gasteiger partial charge in [0, 0.05) is 39.4 Å². The van der Waals surface area contributed by atoms with Crippen molar-refractivity contribution < 1.29 is 47.6 Å². The van der Waals surface area contributed by atoms with Crippen LogP contribution in [0.5, 0.6) is 0 Å². The first-order valence-electron chi connectivity index (χ1n) is 11.9. The van der Waals surface area contributed by atoms with Crippen LogP contribution in [0.4, 0.5) is 0 Å². The van der Waals surface area contributed by atoms with Gasteiger partial charge in [0.25, 0.3) is 5.91 Å². The number of epoxide rings is 1. The van der Waals surface area contributed by atoms with Crippen LogP contribution >= 0.6 is 0 Å². The lowest BCUT2D eigenvalue weighted by molar-refractivity contribution is -0.289. The lowest BCUT2D eigenvalue weighted by atomic mass is 9.97. The summed E-state index contributed by atoms with van der Waals surface area (Å²) in [5.74, 6) is -2.22. The van der Waals surface area contributed by atoms with Gasteiger partial charge in [-0.05, 0) is 13.8 Å². The summed E-state index contributed by atoms with van der Waals surface area (Å²) >= 11 is 0. The van der Waals surface area contributed by atoms with Gasteiger partial charge in [-0.15, -0.1) is 0 Å². The Labute approximate surface area is 209 Å². The Balaban J connectivity index is 1.94. The molecule has 0 aromatic heterocycles. The van der Waals surface area contributed by atoms with Gasteiger partial charge in [0.05, 0.1) is 6.61 Å². The summed E-state index contributed by atoms with van der Waals surface area (Å²) in [7, 11) is 0. The van der Waals surface area contributed by atoms with E-state index in [-0.39, 0.29) is 12.5 Å². The normalized spacial score (nSPS) is 26.8. The van der Waals surface area contributed by atoms with E-state index in [0.29, 0.717) is 18.7 Å². The van der Waals surface area contributed by atoms with E-state index in [2.05, 4.69) is 0 Å². The first-order chi connectivity index (χ1) is 17.2. The Hall–Kier alpha value is -3.02. The summed E-state index contributed by atoms with van der Waals surface area (Å²) < 4.78 is 34.1. The largest absolute Gasteiger partial charge is 0.457 e. The van der Waals surface area contributed by atoms with E-state index in [4.69, 9.17) is 28.4 Å². The summed E-state index contributed by atoms with van der Waals surface area (Å²) in [6, 6.07) is 9.03. The summed E-state index contributed by atoms with van der Waals surface area (Å²) in [6.07, 6.45) is -7.17. The third kappa shape index (κ3) is 6.80. The number of nitrogens with zero attached hydrogens (tertiary/aromatic N) is 1. The molecule has 36 heavy (non-hydrogen) atoms. The second-order valence-corrected chi connectivity index (χ2v) is 8.50. The average Bonchev–Trinajstić information content (AvgIpc) is 3.63. The minimum Gasteiger partial charge on any atom is -0.457 e. The Morgan fingerprint density at radius 1 is 0.889 bits per heavy atom. The molecular formula is C25H33NO10. The van der Waals surface area contributed by atoms with Crippen molar-refractivity contribution in [1.29, 1.82) is 0 Å². The molecular weight excluding hydrogens is 474 g/mol. The van der Waals surface area contributed by atoms with Crippen molar-refractivity contribution in [2.24, 2.45) is 0 Å². The maximum atomic E-state index is 12.9. The van der Waals surface area contributed by atoms with Gasteiger partial charge >= 0.3 is 17.9 Å². The number of amides is 1. The SMILES string of the molecule is CCN(CC)C(=O)[C@@H]1O[C@H]1[C@H](OC(C)=O)[C@@H](OC(C)=O)[C@@H]1O[C@H](c2ccccc2)OC[C@H]1OC(C)=O. The van der Waals surface area contributed by atoms with Crippen LogP contribution in [0.3, 0.4) is 0 Å². The number of ether oxygens (including phenoxy) is 6. The standard InChI is InChI=1S/C25H33NO10/c1-6-26(7-2)24(30)23-22(35-23)21(34-16(5)29)20(33-15(4)28)19-18(32-14(3)27)13-31-25(36-19)17-11-9-8-10-12-17/h8-12,18-23,25H,6-7,13H2,1-5H3/t18-,19-,20+,21-,22+,23-,25-/m1/s1. The zero-order valence-electron chi connectivity index (χ0n) is 21.1. The van der Waals surface area contributed by atoms with Gasteiger partial charge in [0.1, 0.15) is 12.2 Å². The fourth-order valence-corrected chi connectivity index (χ4v) is 4.25. The smallest absolute Gasteiger partial charge is 0.303 e. The third-order valence-electron chi connectivity index (χ3n) is 5.87. The van der Waals surface area contributed by atoms with Gasteiger partial charge in [-0.3, -0.25) is 19.2 Å². The molecule has 0 bridgehead atoms. The molecule has 1 aromatic carbocycles. The topological polar surface area (TPSA) is 130 Å². The molecule has 1 amide bonds. The Bertz CT molecular complexity index is 934. The zero-order valence-corrected chi connectivity index (χ0v) is 21.1. The van der Waals surface area contributed by atoms with Crippen LogP contribution in [0.1, 0.15) is 46.5 Å². The monoisotopic (exact) mass is 507 g/mol. The Morgan fingerprint density at radius 3 is 2.00 bits per heavy atom.